The van der Waals surface area contributed by atoms with Crippen LogP contribution in [0, 0.1) is 0 Å². The average Bonchev–Trinajstić information content (AvgIpc) is 1.80. The number of urea groups is 1. The van der Waals surface area contributed by atoms with Gasteiger partial charge >= 0.3 is 12.0 Å². The Labute approximate surface area is 61.6 Å². The van der Waals surface area contributed by atoms with E-state index in [1.54, 1.807) is 0 Å². The number of primary amides is 1. The third-order valence-corrected chi connectivity index (χ3v) is 1.47. The summed E-state index contributed by atoms with van der Waals surface area (Å²) < 4.78 is 0. The number of carboxylic acid groups (broad SMARTS) is 1. The largest absolute Gasteiger partial charge is 0.480 e. The van der Waals surface area contributed by atoms with Gasteiger partial charge in [0.1, 0.15) is 6.04 Å². The molecule has 11 heavy (non-hydrogen) atoms. The van der Waals surface area contributed by atoms with Gasteiger partial charge < -0.3 is 10.8 Å². The minimum atomic E-state index is -1.21. The van der Waals surface area contributed by atoms with E-state index >= 15 is 0 Å². The van der Waals surface area contributed by atoms with E-state index < -0.39 is 23.9 Å². The molecule has 1 aliphatic rings. The number of carbonyl (C=O) groups excluding carboxylic acids is 2. The molecule has 1 heterocycles. The molecule has 3 amide bonds. The first kappa shape index (κ1) is 7.52. The van der Waals surface area contributed by atoms with Crippen molar-refractivity contribution in [2.45, 2.75) is 12.5 Å². The van der Waals surface area contributed by atoms with Gasteiger partial charge in [-0.05, 0) is 0 Å². The molecule has 0 aromatic carbocycles. The molecule has 0 aromatic heterocycles. The van der Waals surface area contributed by atoms with E-state index in [2.05, 4.69) is 0 Å². The summed E-state index contributed by atoms with van der Waals surface area (Å²) in [7, 11) is 0. The maximum atomic E-state index is 10.5. The number of likely N-dealkylation sites (tertiary alicyclic amines) is 1. The molecule has 1 atom stereocenters. The van der Waals surface area contributed by atoms with Crippen molar-refractivity contribution in [1.82, 2.24) is 4.90 Å². The zero-order chi connectivity index (χ0) is 8.59. The molecule has 1 rings (SSSR count). The van der Waals surface area contributed by atoms with Crippen LogP contribution in [0.25, 0.3) is 0 Å². The molecule has 1 saturated heterocycles. The summed E-state index contributed by atoms with van der Waals surface area (Å²) in [4.78, 5) is 31.7. The predicted octanol–water partition coefficient (Wildman–Crippen LogP) is -1.25. The first-order valence-electron chi connectivity index (χ1n) is 2.88. The van der Waals surface area contributed by atoms with Crippen LogP contribution in [0.3, 0.4) is 0 Å². The van der Waals surface area contributed by atoms with Gasteiger partial charge in [0, 0.05) is 0 Å². The molecule has 0 aliphatic carbocycles. The zero-order valence-corrected chi connectivity index (χ0v) is 5.48. The van der Waals surface area contributed by atoms with Crippen LogP contribution in [-0.4, -0.2) is 34.0 Å². The fourth-order valence-corrected chi connectivity index (χ4v) is 0.891. The van der Waals surface area contributed by atoms with E-state index in [4.69, 9.17) is 10.8 Å². The summed E-state index contributed by atoms with van der Waals surface area (Å²) in [5, 5.41) is 8.37. The Kier molecular flexibility index (Phi) is 1.52. The number of rotatable bonds is 1. The Bertz CT molecular complexity index is 229. The summed E-state index contributed by atoms with van der Waals surface area (Å²) in [6.07, 6.45) is -0.141. The lowest BCUT2D eigenvalue weighted by Crippen LogP contribution is -2.60. The highest BCUT2D eigenvalue weighted by Crippen LogP contribution is 2.18. The van der Waals surface area contributed by atoms with Crippen LogP contribution in [0.15, 0.2) is 0 Å². The molecule has 0 spiro atoms. The second-order valence-electron chi connectivity index (χ2n) is 2.16. The fraction of sp³-hybridized carbons (Fsp3) is 0.400. The lowest BCUT2D eigenvalue weighted by atomic mass is 10.0. The molecule has 0 bridgehead atoms. The van der Waals surface area contributed by atoms with Crippen LogP contribution in [-0.2, 0) is 9.59 Å². The van der Waals surface area contributed by atoms with Gasteiger partial charge in [0.2, 0.25) is 5.91 Å². The van der Waals surface area contributed by atoms with E-state index in [-0.39, 0.29) is 6.42 Å². The van der Waals surface area contributed by atoms with Crippen LogP contribution in [0.2, 0.25) is 0 Å². The smallest absolute Gasteiger partial charge is 0.327 e. The topological polar surface area (TPSA) is 101 Å². The van der Waals surface area contributed by atoms with Crippen molar-refractivity contribution in [1.29, 1.82) is 0 Å². The van der Waals surface area contributed by atoms with Crippen molar-refractivity contribution in [2.75, 3.05) is 0 Å². The summed E-state index contributed by atoms with van der Waals surface area (Å²) in [6, 6.07) is -2.06. The summed E-state index contributed by atoms with van der Waals surface area (Å²) in [6.45, 7) is 0. The predicted molar refractivity (Wildman–Crippen MR) is 32.5 cm³/mol. The highest BCUT2D eigenvalue weighted by atomic mass is 16.4. The van der Waals surface area contributed by atoms with Crippen LogP contribution in [0.5, 0.6) is 0 Å². The molecule has 6 nitrogen and oxygen atoms in total. The summed E-state index contributed by atoms with van der Waals surface area (Å²) in [5.41, 5.74) is 4.72. The Hall–Kier alpha value is -1.59. The van der Waals surface area contributed by atoms with E-state index in [1.165, 1.54) is 0 Å². The zero-order valence-electron chi connectivity index (χ0n) is 5.48. The minimum absolute atomic E-state index is 0.141. The fourth-order valence-electron chi connectivity index (χ4n) is 0.891. The van der Waals surface area contributed by atoms with Gasteiger partial charge in [-0.3, -0.25) is 4.79 Å². The number of β-lactam (4-membered cyclic amide) rings is 1. The van der Waals surface area contributed by atoms with E-state index in [9.17, 15) is 14.4 Å². The molecular formula is C5H6N2O4. The number of imide groups is 1. The maximum Gasteiger partial charge on any atom is 0.327 e. The number of carbonyl (C=O) groups is 3. The molecule has 1 aliphatic heterocycles. The number of hydrogen-bond acceptors (Lipinski definition) is 3. The Balaban J connectivity index is 2.69. The first-order valence-corrected chi connectivity index (χ1v) is 2.88. The SMILES string of the molecule is NC(=O)N1C(=O)CC1C(=O)O. The highest BCUT2D eigenvalue weighted by Gasteiger charge is 2.44. The quantitative estimate of drug-likeness (QED) is 0.465. The molecule has 0 aromatic rings. The molecule has 1 fully saturated rings. The normalized spacial score (nSPS) is 22.7. The lowest BCUT2D eigenvalue weighted by Gasteiger charge is -2.33. The molecular weight excluding hydrogens is 152 g/mol. The number of nitrogens with two attached hydrogens (primary N) is 1. The molecule has 6 heteroatoms. The summed E-state index contributed by atoms with van der Waals surface area (Å²) in [5.74, 6) is -1.74. The number of amides is 3. The molecule has 60 valence electrons. The second kappa shape index (κ2) is 2.22. The van der Waals surface area contributed by atoms with Gasteiger partial charge in [-0.1, -0.05) is 0 Å². The van der Waals surface area contributed by atoms with Crippen molar-refractivity contribution in [3.8, 4) is 0 Å². The van der Waals surface area contributed by atoms with Crippen LogP contribution < -0.4 is 5.73 Å². The Morgan fingerprint density at radius 1 is 1.64 bits per heavy atom. The minimum Gasteiger partial charge on any atom is -0.480 e. The number of nitrogens with zero attached hydrogens (tertiary/aromatic N) is 1. The Morgan fingerprint density at radius 2 is 2.18 bits per heavy atom. The van der Waals surface area contributed by atoms with Gasteiger partial charge in [0.05, 0.1) is 6.42 Å². The van der Waals surface area contributed by atoms with Crippen LogP contribution >= 0.6 is 0 Å². The van der Waals surface area contributed by atoms with Crippen LogP contribution in [0.4, 0.5) is 4.79 Å². The van der Waals surface area contributed by atoms with Crippen molar-refractivity contribution >= 4 is 17.9 Å². The molecule has 0 radical (unpaired) electrons. The molecule has 0 saturated carbocycles. The second-order valence-corrected chi connectivity index (χ2v) is 2.16. The van der Waals surface area contributed by atoms with Gasteiger partial charge in [-0.25, -0.2) is 14.5 Å². The van der Waals surface area contributed by atoms with Crippen molar-refractivity contribution in [3.05, 3.63) is 0 Å². The van der Waals surface area contributed by atoms with Gasteiger partial charge in [0.15, 0.2) is 0 Å². The third-order valence-electron chi connectivity index (χ3n) is 1.47. The maximum absolute atomic E-state index is 10.5. The molecule has 3 N–H and O–H groups in total. The van der Waals surface area contributed by atoms with E-state index in [0.29, 0.717) is 4.90 Å². The Morgan fingerprint density at radius 3 is 2.36 bits per heavy atom. The van der Waals surface area contributed by atoms with Crippen LogP contribution in [0.1, 0.15) is 6.42 Å². The highest BCUT2D eigenvalue weighted by molar-refractivity contribution is 6.05. The number of aliphatic carboxylic acids is 1. The monoisotopic (exact) mass is 158 g/mol. The summed E-state index contributed by atoms with van der Waals surface area (Å²) >= 11 is 0. The van der Waals surface area contributed by atoms with E-state index in [1.807, 2.05) is 0 Å². The van der Waals surface area contributed by atoms with E-state index in [0.717, 1.165) is 0 Å². The van der Waals surface area contributed by atoms with Gasteiger partial charge in [-0.2, -0.15) is 0 Å². The number of carboxylic acids is 1. The van der Waals surface area contributed by atoms with Crippen molar-refractivity contribution < 1.29 is 19.5 Å². The lowest BCUT2D eigenvalue weighted by molar-refractivity contribution is -0.157. The standard InChI is InChI=1S/C5H6N2O4/c6-5(11)7-2(4(9)10)1-3(7)8/h2H,1H2,(H2,6,11)(H,9,10). The molecule has 1 unspecified atom stereocenters. The van der Waals surface area contributed by atoms with Gasteiger partial charge in [-0.15, -0.1) is 0 Å². The van der Waals surface area contributed by atoms with Gasteiger partial charge in [0.25, 0.3) is 0 Å². The average molecular weight is 158 g/mol. The number of hydrogen-bond donors (Lipinski definition) is 2. The van der Waals surface area contributed by atoms with Crippen molar-refractivity contribution in [2.24, 2.45) is 5.73 Å². The van der Waals surface area contributed by atoms with Crippen molar-refractivity contribution in [3.63, 3.8) is 0 Å². The first-order chi connectivity index (χ1) is 5.04. The third kappa shape index (κ3) is 1.02.